The van der Waals surface area contributed by atoms with Gasteiger partial charge in [0.2, 0.25) is 18.1 Å². The van der Waals surface area contributed by atoms with Gasteiger partial charge in [-0.15, -0.1) is 0 Å². The van der Waals surface area contributed by atoms with Crippen LogP contribution in [0.25, 0.3) is 0 Å². The van der Waals surface area contributed by atoms with Crippen molar-refractivity contribution in [2.24, 2.45) is 22.5 Å². The van der Waals surface area contributed by atoms with Crippen molar-refractivity contribution in [3.63, 3.8) is 0 Å². The molecule has 1 aromatic carbocycles. The van der Waals surface area contributed by atoms with E-state index in [1.807, 2.05) is 19.9 Å². The number of benzene rings is 1. The van der Waals surface area contributed by atoms with Gasteiger partial charge in [0.25, 0.3) is 0 Å². The summed E-state index contributed by atoms with van der Waals surface area (Å²) in [6.45, 7) is 11.3. The number of nitrogens with one attached hydrogen (secondary N) is 2. The lowest BCUT2D eigenvalue weighted by Crippen LogP contribution is -2.67. The lowest BCUT2D eigenvalue weighted by molar-refractivity contribution is -0.277. The van der Waals surface area contributed by atoms with E-state index in [-0.39, 0.29) is 89.3 Å². The number of carbonyl (C=O) groups excluding carboxylic acids is 6. The van der Waals surface area contributed by atoms with E-state index in [0.29, 0.717) is 124 Å². The molecule has 2 aliphatic carbocycles. The molecule has 1 aromatic rings. The number of carbonyl (C=O) groups is 6. The van der Waals surface area contributed by atoms with Gasteiger partial charge in [-0.3, -0.25) is 14.4 Å². The van der Waals surface area contributed by atoms with Crippen molar-refractivity contribution in [2.75, 3.05) is 144 Å². The summed E-state index contributed by atoms with van der Waals surface area (Å²) < 4.78 is 91.5. The van der Waals surface area contributed by atoms with Crippen LogP contribution in [0.4, 0.5) is 5.69 Å². The number of rotatable bonds is 37. The Morgan fingerprint density at radius 3 is 1.91 bits per heavy atom. The monoisotopic (exact) mass is 1320 g/mol. The molecule has 0 unspecified atom stereocenters. The van der Waals surface area contributed by atoms with Gasteiger partial charge >= 0.3 is 23.9 Å². The molecule has 2 bridgehead atoms. The van der Waals surface area contributed by atoms with E-state index in [2.05, 4.69) is 10.6 Å². The van der Waals surface area contributed by atoms with Gasteiger partial charge in [0.1, 0.15) is 61.1 Å². The molecule has 4 heterocycles. The molecule has 2 amide bonds. The topological polar surface area (TPSA) is 384 Å². The minimum absolute atomic E-state index is 0.00315. The van der Waals surface area contributed by atoms with Crippen LogP contribution >= 0.6 is 0 Å². The molecular weight excluding hydrogens is 1230 g/mol. The first kappa shape index (κ1) is 74.8. The van der Waals surface area contributed by atoms with Crippen molar-refractivity contribution in [3.8, 4) is 5.75 Å². The Balaban J connectivity index is 0.844. The highest BCUT2D eigenvalue weighted by molar-refractivity contribution is 5.92. The maximum Gasteiger partial charge on any atom is 0.331 e. The van der Waals surface area contributed by atoms with Gasteiger partial charge < -0.3 is 113 Å². The van der Waals surface area contributed by atoms with Crippen molar-refractivity contribution >= 4 is 41.4 Å². The smallest absolute Gasteiger partial charge is 0.331 e. The van der Waals surface area contributed by atoms with Gasteiger partial charge in [-0.2, -0.15) is 0 Å². The second kappa shape index (κ2) is 38.2. The Morgan fingerprint density at radius 1 is 0.710 bits per heavy atom. The average Bonchev–Trinajstić information content (AvgIpc) is 1.49. The molecule has 8 N–H and O–H groups in total. The average molecular weight is 1320 g/mol. The molecule has 93 heavy (non-hydrogen) atoms. The molecule has 522 valence electrons. The normalized spacial score (nSPS) is 30.2. The first-order valence-corrected chi connectivity index (χ1v) is 32.0. The molecule has 2 spiro atoms. The van der Waals surface area contributed by atoms with Crippen LogP contribution in [0.2, 0.25) is 0 Å². The van der Waals surface area contributed by atoms with Gasteiger partial charge in [-0.05, 0) is 56.2 Å². The number of cyclic esters (lactones) is 2. The molecule has 13 atom stereocenters. The number of esters is 4. The van der Waals surface area contributed by atoms with Gasteiger partial charge in [-0.1, -0.05) is 43.7 Å². The fourth-order valence-electron chi connectivity index (χ4n) is 12.0. The predicted molar refractivity (Wildman–Crippen MR) is 325 cm³/mol. The van der Waals surface area contributed by atoms with E-state index in [9.17, 15) is 49.2 Å². The third-order valence-electron chi connectivity index (χ3n) is 17.4. The van der Waals surface area contributed by atoms with Crippen molar-refractivity contribution in [3.05, 3.63) is 59.7 Å². The molecule has 29 heteroatoms. The predicted octanol–water partition coefficient (Wildman–Crippen LogP) is 0.807. The van der Waals surface area contributed by atoms with Crippen LogP contribution in [0.3, 0.4) is 0 Å². The first-order chi connectivity index (χ1) is 44.9. The standard InChI is InChI=1S/C64H95N3O26/c1-42-13-16-63-40-88-60(77)56(43(2)14-19-86-53(71)8-4-5-9-55(73)93-48-37-50(92-49(63)35-42)64(41-89-64)62(48,63)3)67-51(69)7-6-10-54(72)87-39-44-11-12-46(90-61-59(76)58(75)57(74)47(38-68)91-61)45(36-44)66-52(70)15-18-78-21-23-80-25-27-82-29-31-84-33-34-85-32-30-83-28-26-81-24-22-79-20-17-65/h4-5,8-9,11-12,35-36,43,47-50,56-59,61,68,74-76H,6-7,10,13-34,37-41,65H2,1-3H3,(H,66,70)(H,67,69)/b8-4+,9-5-/t43-,47-,48-,49-,50-,56-,57+,58+,59-,61-,62-,63-,64+/m1/s1. The molecule has 6 aliphatic rings. The Labute approximate surface area is 541 Å². The second-order valence-electron chi connectivity index (χ2n) is 23.7. The SMILES string of the molecule is CC1=C[C@H]2O[C@@H]3C[C@H]4OC(=O)/C=C\C=C\C(=O)OCC[C@@H](C)[C@@H](NC(=O)CCCC(=O)OCc5ccc(O[C@@H]6O[C@H](CO)[C@H](O)[C@H](O)[C@H]6O)c(NC(=O)CCOCCOCCOCCOCCOCCOCCOCCOCCN)c5)C(=O)OC[C@@]2(CC1)[C@]4(C)[C@]31CO1. The number of hydrogen-bond donors (Lipinski definition) is 7. The van der Waals surface area contributed by atoms with Crippen LogP contribution in [0.1, 0.15) is 77.7 Å². The maximum atomic E-state index is 14.4. The Kier molecular flexibility index (Phi) is 30.8. The lowest BCUT2D eigenvalue weighted by atomic mass is 9.51. The molecule has 7 rings (SSSR count). The number of aliphatic hydroxyl groups is 4. The number of allylic oxidation sites excluding steroid dienone is 3. The zero-order valence-corrected chi connectivity index (χ0v) is 53.5. The van der Waals surface area contributed by atoms with Gasteiger partial charge in [0.05, 0.1) is 155 Å². The molecule has 0 radical (unpaired) electrons. The zero-order valence-electron chi connectivity index (χ0n) is 53.5. The minimum atomic E-state index is -1.76. The number of aliphatic hydroxyl groups excluding tert-OH is 4. The Morgan fingerprint density at radius 2 is 1.31 bits per heavy atom. The van der Waals surface area contributed by atoms with E-state index < -0.39 is 114 Å². The third-order valence-corrected chi connectivity index (χ3v) is 17.4. The quantitative estimate of drug-likeness (QED) is 0.0159. The van der Waals surface area contributed by atoms with E-state index in [4.69, 9.17) is 81.5 Å². The van der Waals surface area contributed by atoms with Gasteiger partial charge in [-0.25, -0.2) is 14.4 Å². The van der Waals surface area contributed by atoms with Gasteiger partial charge in [0.15, 0.2) is 0 Å². The van der Waals surface area contributed by atoms with Crippen LogP contribution in [0, 0.1) is 16.7 Å². The molecule has 4 fully saturated rings. The Bertz CT molecular complexity index is 2640. The molecule has 3 saturated heterocycles. The fourth-order valence-corrected chi connectivity index (χ4v) is 12.0. The minimum Gasteiger partial charge on any atom is -0.463 e. The number of nitrogens with two attached hydrogens (primary N) is 1. The molecule has 1 saturated carbocycles. The summed E-state index contributed by atoms with van der Waals surface area (Å²) in [4.78, 5) is 80.4. The summed E-state index contributed by atoms with van der Waals surface area (Å²) in [5.74, 6) is -4.46. The van der Waals surface area contributed by atoms with Crippen molar-refractivity contribution in [1.82, 2.24) is 5.32 Å². The third kappa shape index (κ3) is 21.5. The fraction of sp³-hybridized carbons (Fsp3) is 0.719. The van der Waals surface area contributed by atoms with Crippen molar-refractivity contribution in [1.29, 1.82) is 0 Å². The van der Waals surface area contributed by atoms with Crippen molar-refractivity contribution < 1.29 is 125 Å². The molecule has 0 aromatic heterocycles. The zero-order chi connectivity index (χ0) is 66.6. The van der Waals surface area contributed by atoms with E-state index >= 15 is 0 Å². The summed E-state index contributed by atoms with van der Waals surface area (Å²) in [6, 6.07) is 3.15. The highest BCUT2D eigenvalue weighted by Crippen LogP contribution is 2.72. The largest absolute Gasteiger partial charge is 0.463 e. The number of anilines is 1. The molecule has 4 aliphatic heterocycles. The second-order valence-corrected chi connectivity index (χ2v) is 23.7. The van der Waals surface area contributed by atoms with Crippen LogP contribution in [-0.2, 0) is 106 Å². The van der Waals surface area contributed by atoms with Crippen molar-refractivity contribution in [2.45, 2.75) is 139 Å². The van der Waals surface area contributed by atoms with Crippen LogP contribution in [-0.4, -0.2) is 255 Å². The maximum absolute atomic E-state index is 14.4. The number of ether oxygens (including phenoxy) is 16. The molecule has 29 nitrogen and oxygen atoms in total. The first-order valence-electron chi connectivity index (χ1n) is 32.0. The number of hydrogen-bond acceptors (Lipinski definition) is 27. The summed E-state index contributed by atoms with van der Waals surface area (Å²) in [5.41, 5.74) is 4.37. The number of epoxide rings is 1. The summed E-state index contributed by atoms with van der Waals surface area (Å²) in [5, 5.41) is 46.8. The highest BCUT2D eigenvalue weighted by Gasteiger charge is 2.83. The lowest BCUT2D eigenvalue weighted by Gasteiger charge is -2.58. The summed E-state index contributed by atoms with van der Waals surface area (Å²) >= 11 is 0. The van der Waals surface area contributed by atoms with Crippen LogP contribution in [0.15, 0.2) is 54.2 Å². The number of amides is 2. The molecular formula is C64H95N3O26. The van der Waals surface area contributed by atoms with Crippen LogP contribution < -0.4 is 21.1 Å². The van der Waals surface area contributed by atoms with E-state index in [0.717, 1.165) is 11.6 Å². The highest BCUT2D eigenvalue weighted by atomic mass is 16.7. The van der Waals surface area contributed by atoms with E-state index in [1.54, 1.807) is 6.92 Å². The van der Waals surface area contributed by atoms with Gasteiger partial charge in [0, 0.05) is 43.4 Å². The van der Waals surface area contributed by atoms with E-state index in [1.165, 1.54) is 36.4 Å². The summed E-state index contributed by atoms with van der Waals surface area (Å²) in [7, 11) is 0. The Hall–Kier alpha value is -5.58. The van der Waals surface area contributed by atoms with Crippen LogP contribution in [0.5, 0.6) is 5.75 Å². The summed E-state index contributed by atoms with van der Waals surface area (Å²) in [6.07, 6.45) is -1.20.